The summed E-state index contributed by atoms with van der Waals surface area (Å²) in [5, 5.41) is 0. The summed E-state index contributed by atoms with van der Waals surface area (Å²) in [4.78, 5) is 0. The van der Waals surface area contributed by atoms with Gasteiger partial charge in [-0.25, -0.2) is 0 Å². The molecule has 0 saturated heterocycles. The van der Waals surface area contributed by atoms with Gasteiger partial charge >= 0.3 is 0 Å². The molecule has 0 aliphatic heterocycles. The van der Waals surface area contributed by atoms with E-state index in [1.165, 1.54) is 0 Å². The van der Waals surface area contributed by atoms with Crippen LogP contribution in [0, 0.1) is 3.57 Å². The minimum atomic E-state index is -0.299. The van der Waals surface area contributed by atoms with Gasteiger partial charge in [0.15, 0.2) is 0 Å². The van der Waals surface area contributed by atoms with E-state index in [9.17, 15) is 4.39 Å². The molecule has 3 heteroatoms. The molecule has 0 fully saturated rings. The second-order valence-electron chi connectivity index (χ2n) is 2.73. The highest BCUT2D eigenvalue weighted by Crippen LogP contribution is 2.24. The van der Waals surface area contributed by atoms with Gasteiger partial charge in [0, 0.05) is 14.0 Å². The Kier molecular flexibility index (Phi) is 3.96. The van der Waals surface area contributed by atoms with Crippen LogP contribution in [0.4, 0.5) is 4.39 Å². The lowest BCUT2D eigenvalue weighted by Gasteiger charge is -2.07. The molecule has 0 aromatic heterocycles. The first kappa shape index (κ1) is 10.4. The molecule has 0 spiro atoms. The number of alkyl halides is 1. The Hall–Kier alpha value is 0.360. The molecule has 1 aromatic carbocycles. The zero-order chi connectivity index (χ0) is 9.14. The van der Waals surface area contributed by atoms with Crippen LogP contribution < -0.4 is 0 Å². The molecule has 0 saturated carbocycles. The first-order valence-corrected chi connectivity index (χ1v) is 5.53. The molecule has 1 rings (SSSR count). The maximum Gasteiger partial charge on any atom is 0.0960 e. The van der Waals surface area contributed by atoms with Crippen LogP contribution in [-0.4, -0.2) is 6.67 Å². The van der Waals surface area contributed by atoms with Gasteiger partial charge in [-0.1, -0.05) is 13.0 Å². The van der Waals surface area contributed by atoms with Crippen molar-refractivity contribution in [3.63, 3.8) is 0 Å². The highest BCUT2D eigenvalue weighted by Gasteiger charge is 2.05. The molecule has 1 aromatic rings. The Morgan fingerprint density at radius 1 is 1.58 bits per heavy atom. The van der Waals surface area contributed by atoms with E-state index < -0.39 is 0 Å². The molecule has 1 atom stereocenters. The maximum absolute atomic E-state index is 12.3. The van der Waals surface area contributed by atoms with Gasteiger partial charge < -0.3 is 0 Å². The fourth-order valence-electron chi connectivity index (χ4n) is 0.908. The van der Waals surface area contributed by atoms with Gasteiger partial charge in [-0.2, -0.15) is 0 Å². The predicted molar refractivity (Wildman–Crippen MR) is 61.2 cm³/mol. The van der Waals surface area contributed by atoms with E-state index in [0.29, 0.717) is 0 Å². The molecule has 0 N–H and O–H groups in total. The fraction of sp³-hybridized carbons (Fsp3) is 0.333. The van der Waals surface area contributed by atoms with Crippen LogP contribution >= 0.6 is 38.5 Å². The zero-order valence-electron chi connectivity index (χ0n) is 6.65. The monoisotopic (exact) mass is 342 g/mol. The van der Waals surface area contributed by atoms with Crippen LogP contribution in [0.15, 0.2) is 22.7 Å². The number of rotatable bonds is 2. The maximum atomic E-state index is 12.3. The van der Waals surface area contributed by atoms with Crippen LogP contribution in [0.1, 0.15) is 18.4 Å². The molecule has 0 bridgehead atoms. The number of hydrogen-bond donors (Lipinski definition) is 0. The van der Waals surface area contributed by atoms with Gasteiger partial charge in [-0.3, -0.25) is 4.39 Å². The van der Waals surface area contributed by atoms with Gasteiger partial charge in [0.2, 0.25) is 0 Å². The van der Waals surface area contributed by atoms with Crippen molar-refractivity contribution in [2.45, 2.75) is 12.8 Å². The van der Waals surface area contributed by atoms with Gasteiger partial charge in [-0.05, 0) is 56.2 Å². The van der Waals surface area contributed by atoms with E-state index >= 15 is 0 Å². The van der Waals surface area contributed by atoms with Crippen LogP contribution in [-0.2, 0) is 0 Å². The number of benzene rings is 1. The van der Waals surface area contributed by atoms with Crippen LogP contribution in [0.3, 0.4) is 0 Å². The number of hydrogen-bond acceptors (Lipinski definition) is 0. The minimum Gasteiger partial charge on any atom is -0.250 e. The molecule has 12 heavy (non-hydrogen) atoms. The average molecular weight is 343 g/mol. The Bertz CT molecular complexity index is 275. The molecular formula is C9H9BrFI. The summed E-state index contributed by atoms with van der Waals surface area (Å²) >= 11 is 5.65. The summed E-state index contributed by atoms with van der Waals surface area (Å²) in [6, 6.07) is 5.94. The third kappa shape index (κ3) is 2.42. The molecule has 1 unspecified atom stereocenters. The third-order valence-electron chi connectivity index (χ3n) is 1.74. The predicted octanol–water partition coefficient (Wildman–Crippen LogP) is 4.13. The standard InChI is InChI=1S/C9H9BrFI/c1-6(5-11)7-2-3-9(12)8(10)4-7/h2-4,6H,5H2,1H3. The van der Waals surface area contributed by atoms with Gasteiger partial charge in [-0.15, -0.1) is 0 Å². The summed E-state index contributed by atoms with van der Waals surface area (Å²) in [5.41, 5.74) is 1.05. The summed E-state index contributed by atoms with van der Waals surface area (Å²) in [6.45, 7) is 1.58. The van der Waals surface area contributed by atoms with Crippen LogP contribution in [0.2, 0.25) is 0 Å². The topological polar surface area (TPSA) is 0 Å². The quantitative estimate of drug-likeness (QED) is 0.709. The minimum absolute atomic E-state index is 0.00157. The molecule has 0 aliphatic carbocycles. The van der Waals surface area contributed by atoms with E-state index in [4.69, 9.17) is 0 Å². The van der Waals surface area contributed by atoms with Crippen molar-refractivity contribution in [2.75, 3.05) is 6.67 Å². The van der Waals surface area contributed by atoms with E-state index in [-0.39, 0.29) is 12.6 Å². The van der Waals surface area contributed by atoms with E-state index in [2.05, 4.69) is 38.5 Å². The molecule has 0 amide bonds. The van der Waals surface area contributed by atoms with E-state index in [1.54, 1.807) is 0 Å². The molecule has 66 valence electrons. The smallest absolute Gasteiger partial charge is 0.0960 e. The first-order chi connectivity index (χ1) is 5.65. The summed E-state index contributed by atoms with van der Waals surface area (Å²) < 4.78 is 14.5. The average Bonchev–Trinajstić information content (AvgIpc) is 2.08. The first-order valence-electron chi connectivity index (χ1n) is 3.66. The highest BCUT2D eigenvalue weighted by molar-refractivity contribution is 14.1. The van der Waals surface area contributed by atoms with Crippen molar-refractivity contribution < 1.29 is 4.39 Å². The third-order valence-corrected chi connectivity index (χ3v) is 4.08. The van der Waals surface area contributed by atoms with Crippen molar-refractivity contribution in [1.29, 1.82) is 0 Å². The van der Waals surface area contributed by atoms with Crippen molar-refractivity contribution in [3.8, 4) is 0 Å². The molecule has 0 radical (unpaired) electrons. The fourth-order valence-corrected chi connectivity index (χ4v) is 1.64. The molecule has 0 heterocycles. The SMILES string of the molecule is CC(CF)c1ccc(I)c(Br)c1. The second kappa shape index (κ2) is 4.56. The van der Waals surface area contributed by atoms with Crippen LogP contribution in [0.25, 0.3) is 0 Å². The lowest BCUT2D eigenvalue weighted by molar-refractivity contribution is 0.447. The van der Waals surface area contributed by atoms with Gasteiger partial charge in [0.25, 0.3) is 0 Å². The Morgan fingerprint density at radius 2 is 2.25 bits per heavy atom. The zero-order valence-corrected chi connectivity index (χ0v) is 10.4. The summed E-state index contributed by atoms with van der Waals surface area (Å²) in [5.74, 6) is -0.00157. The van der Waals surface area contributed by atoms with E-state index in [1.807, 2.05) is 25.1 Å². The Balaban J connectivity index is 2.96. The van der Waals surface area contributed by atoms with Gasteiger partial charge in [0.1, 0.15) is 0 Å². The number of halogens is 3. The van der Waals surface area contributed by atoms with Crippen molar-refractivity contribution >= 4 is 38.5 Å². The summed E-state index contributed by atoms with van der Waals surface area (Å²) in [6.07, 6.45) is 0. The normalized spacial score (nSPS) is 13.0. The molecule has 0 aliphatic rings. The van der Waals surface area contributed by atoms with E-state index in [0.717, 1.165) is 13.6 Å². The largest absolute Gasteiger partial charge is 0.250 e. The lowest BCUT2D eigenvalue weighted by Crippen LogP contribution is -1.95. The van der Waals surface area contributed by atoms with Gasteiger partial charge in [0.05, 0.1) is 6.67 Å². The Labute approximate surface area is 93.8 Å². The Morgan fingerprint density at radius 3 is 2.75 bits per heavy atom. The van der Waals surface area contributed by atoms with Crippen molar-refractivity contribution in [1.82, 2.24) is 0 Å². The highest BCUT2D eigenvalue weighted by atomic mass is 127. The van der Waals surface area contributed by atoms with Crippen molar-refractivity contribution in [3.05, 3.63) is 31.8 Å². The second-order valence-corrected chi connectivity index (χ2v) is 4.75. The molecule has 0 nitrogen and oxygen atoms in total. The molecular weight excluding hydrogens is 334 g/mol. The van der Waals surface area contributed by atoms with Crippen molar-refractivity contribution in [2.24, 2.45) is 0 Å². The summed E-state index contributed by atoms with van der Waals surface area (Å²) in [7, 11) is 0. The lowest BCUT2D eigenvalue weighted by atomic mass is 10.0. The van der Waals surface area contributed by atoms with Crippen LogP contribution in [0.5, 0.6) is 0 Å².